The third-order valence-electron chi connectivity index (χ3n) is 5.34. The molecule has 0 aromatic heterocycles. The first-order chi connectivity index (χ1) is 17.0. The van der Waals surface area contributed by atoms with E-state index in [-0.39, 0.29) is 12.7 Å². The Labute approximate surface area is 202 Å². The molecule has 2 aromatic rings. The highest BCUT2D eigenvalue weighted by Gasteiger charge is 2.38. The fourth-order valence-corrected chi connectivity index (χ4v) is 3.65. The third kappa shape index (κ3) is 6.84. The summed E-state index contributed by atoms with van der Waals surface area (Å²) in [5.41, 5.74) is -0.0114. The van der Waals surface area contributed by atoms with E-state index in [0.717, 1.165) is 44.3 Å². The molecule has 0 bridgehead atoms. The van der Waals surface area contributed by atoms with E-state index in [9.17, 15) is 35.9 Å². The van der Waals surface area contributed by atoms with Crippen molar-refractivity contribution in [3.8, 4) is 5.75 Å². The van der Waals surface area contributed by atoms with Gasteiger partial charge in [0.2, 0.25) is 11.6 Å². The molecule has 0 N–H and O–H groups in total. The number of esters is 1. The lowest BCUT2D eigenvalue weighted by Crippen LogP contribution is -2.29. The van der Waals surface area contributed by atoms with Crippen molar-refractivity contribution in [3.63, 3.8) is 0 Å². The van der Waals surface area contributed by atoms with Crippen LogP contribution >= 0.6 is 0 Å². The molecule has 0 spiro atoms. The lowest BCUT2D eigenvalue weighted by atomic mass is 9.97. The minimum absolute atomic E-state index is 0.0451. The van der Waals surface area contributed by atoms with Crippen LogP contribution in [0.3, 0.4) is 0 Å². The van der Waals surface area contributed by atoms with Crippen molar-refractivity contribution in [2.24, 2.45) is 10.9 Å². The first kappa shape index (κ1) is 27.2. The lowest BCUT2D eigenvalue weighted by molar-refractivity contribution is -0.276. The van der Waals surface area contributed by atoms with E-state index in [0.29, 0.717) is 5.69 Å². The molecule has 12 heteroatoms. The molecule has 2 aromatic carbocycles. The van der Waals surface area contributed by atoms with E-state index >= 15 is 0 Å². The summed E-state index contributed by atoms with van der Waals surface area (Å²) in [5.74, 6) is -13.2. The van der Waals surface area contributed by atoms with Gasteiger partial charge in [-0.2, -0.15) is 4.39 Å². The monoisotopic (exact) mass is 516 g/mol. The Morgan fingerprint density at radius 2 is 1.72 bits per heavy atom. The molecule has 0 saturated carbocycles. The van der Waals surface area contributed by atoms with Gasteiger partial charge in [0, 0.05) is 12.8 Å². The van der Waals surface area contributed by atoms with Gasteiger partial charge in [-0.15, -0.1) is 13.2 Å². The van der Waals surface area contributed by atoms with Gasteiger partial charge >= 0.3 is 12.3 Å². The smallest absolute Gasteiger partial charge is 0.465 e. The van der Waals surface area contributed by atoms with E-state index in [1.807, 2.05) is 0 Å². The zero-order chi connectivity index (χ0) is 26.5. The number of Topliss-reactive ketones (excluding diaryl/α,β-unsaturated/α-hetero) is 1. The van der Waals surface area contributed by atoms with Crippen molar-refractivity contribution in [1.29, 1.82) is 0 Å². The van der Waals surface area contributed by atoms with Gasteiger partial charge in [0.05, 0.1) is 17.9 Å². The SMILES string of the molecule is CCOC(=O)C(C=Nc1ccc(CN2CCCC2)cc1)C(=O)c1cc(F)c(F)c(OC(F)(F)F)c1F. The number of ketones is 1. The number of rotatable bonds is 9. The molecule has 0 radical (unpaired) electrons. The summed E-state index contributed by atoms with van der Waals surface area (Å²) in [7, 11) is 0. The summed E-state index contributed by atoms with van der Waals surface area (Å²) in [6.07, 6.45) is -2.50. The summed E-state index contributed by atoms with van der Waals surface area (Å²) in [6, 6.07) is 6.86. The molecule has 1 aliphatic rings. The molecule has 1 atom stereocenters. The fourth-order valence-electron chi connectivity index (χ4n) is 3.65. The van der Waals surface area contributed by atoms with Crippen LogP contribution in [0.25, 0.3) is 0 Å². The second kappa shape index (κ2) is 11.5. The largest absolute Gasteiger partial charge is 0.573 e. The quantitative estimate of drug-likeness (QED) is 0.112. The maximum absolute atomic E-state index is 14.6. The zero-order valence-corrected chi connectivity index (χ0v) is 19.1. The van der Waals surface area contributed by atoms with Gasteiger partial charge in [0.25, 0.3) is 0 Å². The number of nitrogens with zero attached hydrogens (tertiary/aromatic N) is 2. The van der Waals surface area contributed by atoms with Gasteiger partial charge in [-0.3, -0.25) is 19.5 Å². The summed E-state index contributed by atoms with van der Waals surface area (Å²) in [4.78, 5) is 31.5. The Bertz CT molecular complexity index is 1130. The van der Waals surface area contributed by atoms with Crippen molar-refractivity contribution in [2.45, 2.75) is 32.7 Å². The predicted molar refractivity (Wildman–Crippen MR) is 117 cm³/mol. The van der Waals surface area contributed by atoms with Crippen molar-refractivity contribution >= 4 is 23.7 Å². The summed E-state index contributed by atoms with van der Waals surface area (Å²) in [6.45, 7) is 3.97. The van der Waals surface area contributed by atoms with Crippen molar-refractivity contribution < 1.29 is 45.4 Å². The fraction of sp³-hybridized carbons (Fsp3) is 0.375. The summed E-state index contributed by atoms with van der Waals surface area (Å²) in [5, 5.41) is 0. The minimum atomic E-state index is -5.57. The third-order valence-corrected chi connectivity index (χ3v) is 5.34. The number of alkyl halides is 3. The number of carbonyl (C=O) groups is 2. The average Bonchev–Trinajstić information content (AvgIpc) is 3.33. The highest BCUT2D eigenvalue weighted by Crippen LogP contribution is 2.33. The van der Waals surface area contributed by atoms with Crippen LogP contribution < -0.4 is 4.74 Å². The first-order valence-electron chi connectivity index (χ1n) is 11.0. The number of ether oxygens (including phenoxy) is 2. The van der Waals surface area contributed by atoms with Crippen LogP contribution in [0.5, 0.6) is 5.75 Å². The molecule has 1 heterocycles. The van der Waals surface area contributed by atoms with Gasteiger partial charge in [0.15, 0.2) is 23.3 Å². The topological polar surface area (TPSA) is 68.2 Å². The lowest BCUT2D eigenvalue weighted by Gasteiger charge is -2.15. The van der Waals surface area contributed by atoms with Crippen molar-refractivity contribution in [3.05, 3.63) is 58.9 Å². The molecule has 1 unspecified atom stereocenters. The molecular weight excluding hydrogens is 494 g/mol. The Morgan fingerprint density at radius 3 is 2.31 bits per heavy atom. The normalized spacial score (nSPS) is 15.3. The van der Waals surface area contributed by atoms with Crippen LogP contribution in [-0.2, 0) is 16.1 Å². The van der Waals surface area contributed by atoms with Crippen LogP contribution in [0, 0.1) is 23.4 Å². The Balaban J connectivity index is 1.88. The highest BCUT2D eigenvalue weighted by molar-refractivity contribution is 6.18. The highest BCUT2D eigenvalue weighted by atomic mass is 19.4. The molecule has 6 nitrogen and oxygen atoms in total. The maximum Gasteiger partial charge on any atom is 0.573 e. The first-order valence-corrected chi connectivity index (χ1v) is 11.0. The van der Waals surface area contributed by atoms with Crippen LogP contribution in [0.15, 0.2) is 35.3 Å². The molecule has 1 fully saturated rings. The van der Waals surface area contributed by atoms with Gasteiger partial charge in [-0.1, -0.05) is 12.1 Å². The van der Waals surface area contributed by atoms with Gasteiger partial charge in [0.1, 0.15) is 0 Å². The van der Waals surface area contributed by atoms with Crippen LogP contribution in [0.2, 0.25) is 0 Å². The van der Waals surface area contributed by atoms with Crippen LogP contribution in [0.4, 0.5) is 32.0 Å². The minimum Gasteiger partial charge on any atom is -0.465 e. The Morgan fingerprint density at radius 1 is 1.08 bits per heavy atom. The Kier molecular flexibility index (Phi) is 8.72. The summed E-state index contributed by atoms with van der Waals surface area (Å²) < 4.78 is 87.9. The number of aliphatic imine (C=N–C) groups is 1. The van der Waals surface area contributed by atoms with Gasteiger partial charge in [-0.25, -0.2) is 8.78 Å². The van der Waals surface area contributed by atoms with E-state index in [1.54, 1.807) is 24.3 Å². The summed E-state index contributed by atoms with van der Waals surface area (Å²) >= 11 is 0. The number of halogens is 6. The molecule has 36 heavy (non-hydrogen) atoms. The molecule has 3 rings (SSSR count). The van der Waals surface area contributed by atoms with E-state index < -0.39 is 52.8 Å². The van der Waals surface area contributed by atoms with E-state index in [2.05, 4.69) is 14.6 Å². The second-order valence-corrected chi connectivity index (χ2v) is 7.93. The number of likely N-dealkylation sites (tertiary alicyclic amines) is 1. The molecule has 1 saturated heterocycles. The Hall–Kier alpha value is -3.41. The zero-order valence-electron chi connectivity index (χ0n) is 19.1. The van der Waals surface area contributed by atoms with Gasteiger partial charge in [-0.05, 0) is 56.6 Å². The molecular formula is C24H22F6N2O4. The van der Waals surface area contributed by atoms with Crippen LogP contribution in [0.1, 0.15) is 35.7 Å². The van der Waals surface area contributed by atoms with E-state index in [1.165, 1.54) is 6.92 Å². The molecule has 0 aliphatic carbocycles. The number of benzene rings is 2. The average molecular weight is 516 g/mol. The van der Waals surface area contributed by atoms with Crippen molar-refractivity contribution in [2.75, 3.05) is 19.7 Å². The van der Waals surface area contributed by atoms with E-state index in [4.69, 9.17) is 4.74 Å². The number of hydrogen-bond donors (Lipinski definition) is 0. The number of hydrogen-bond acceptors (Lipinski definition) is 6. The number of carbonyl (C=O) groups excluding carboxylic acids is 2. The molecule has 0 amide bonds. The maximum atomic E-state index is 14.6. The van der Waals surface area contributed by atoms with Crippen molar-refractivity contribution in [1.82, 2.24) is 4.90 Å². The standard InChI is InChI=1S/C24H22F6N2O4/c1-2-35-23(34)17(12-31-15-7-5-14(6-8-15)13-32-9-3-4-10-32)21(33)16-11-18(25)20(27)22(19(16)26)36-24(28,29)30/h5-8,11-12,17H,2-4,9-10,13H2,1H3. The van der Waals surface area contributed by atoms with Crippen LogP contribution in [-0.4, -0.2) is 48.9 Å². The second-order valence-electron chi connectivity index (χ2n) is 7.93. The van der Waals surface area contributed by atoms with Gasteiger partial charge < -0.3 is 9.47 Å². The predicted octanol–water partition coefficient (Wildman–Crippen LogP) is 5.36. The molecule has 194 valence electrons. The molecule has 1 aliphatic heterocycles.